The highest BCUT2D eigenvalue weighted by Crippen LogP contribution is 2.37. The van der Waals surface area contributed by atoms with Crippen molar-refractivity contribution in [3.05, 3.63) is 35.4 Å². The molecule has 1 aromatic rings. The minimum atomic E-state index is -1.69. The third-order valence-corrected chi connectivity index (χ3v) is 8.52. The van der Waals surface area contributed by atoms with Crippen molar-refractivity contribution in [3.8, 4) is 5.75 Å². The van der Waals surface area contributed by atoms with Gasteiger partial charge in [0, 0.05) is 5.56 Å². The Labute approximate surface area is 124 Å². The Morgan fingerprint density at radius 1 is 1.20 bits per heavy atom. The number of benzene rings is 1. The molecule has 0 N–H and O–H groups in total. The summed E-state index contributed by atoms with van der Waals surface area (Å²) in [6, 6.07) is 6.24. The van der Waals surface area contributed by atoms with E-state index < -0.39 is 8.32 Å². The molecule has 0 unspecified atom stereocenters. The van der Waals surface area contributed by atoms with Crippen molar-refractivity contribution in [1.82, 2.24) is 0 Å². The van der Waals surface area contributed by atoms with E-state index in [2.05, 4.69) is 52.1 Å². The standard InChI is InChI=1S/C17H28O2Si/c1-8-9-15-12-14(10-11-16(15)18-5)13-19-20(6,7)17(2,3)4/h8-12H,13H2,1-7H3/b9-8+. The van der Waals surface area contributed by atoms with Gasteiger partial charge < -0.3 is 9.16 Å². The van der Waals surface area contributed by atoms with Gasteiger partial charge in [-0.05, 0) is 42.8 Å². The Balaban J connectivity index is 2.87. The van der Waals surface area contributed by atoms with Crippen LogP contribution in [0.4, 0.5) is 0 Å². The van der Waals surface area contributed by atoms with Gasteiger partial charge >= 0.3 is 0 Å². The molecule has 112 valence electrons. The molecule has 0 radical (unpaired) electrons. The fraction of sp³-hybridized carbons (Fsp3) is 0.529. The summed E-state index contributed by atoms with van der Waals surface area (Å²) < 4.78 is 11.6. The fourth-order valence-corrected chi connectivity index (χ4v) is 2.62. The highest BCUT2D eigenvalue weighted by atomic mass is 28.4. The van der Waals surface area contributed by atoms with Crippen molar-refractivity contribution < 1.29 is 9.16 Å². The van der Waals surface area contributed by atoms with Gasteiger partial charge in [0.15, 0.2) is 8.32 Å². The second kappa shape index (κ2) is 6.59. The van der Waals surface area contributed by atoms with Crippen LogP contribution in [-0.2, 0) is 11.0 Å². The first-order chi connectivity index (χ1) is 9.21. The Hall–Kier alpha value is -1.06. The molecule has 20 heavy (non-hydrogen) atoms. The molecule has 0 spiro atoms. The van der Waals surface area contributed by atoms with Crippen LogP contribution in [0.5, 0.6) is 5.75 Å². The largest absolute Gasteiger partial charge is 0.496 e. The SMILES string of the molecule is C/C=C/c1cc(CO[Si](C)(C)C(C)(C)C)ccc1OC. The minimum Gasteiger partial charge on any atom is -0.496 e. The van der Waals surface area contributed by atoms with Crippen LogP contribution >= 0.6 is 0 Å². The van der Waals surface area contributed by atoms with E-state index >= 15 is 0 Å². The first-order valence-corrected chi connectivity index (χ1v) is 10.1. The van der Waals surface area contributed by atoms with E-state index in [1.165, 1.54) is 5.56 Å². The molecule has 0 saturated carbocycles. The van der Waals surface area contributed by atoms with Gasteiger partial charge in [-0.2, -0.15) is 0 Å². The molecule has 0 aromatic heterocycles. The van der Waals surface area contributed by atoms with Gasteiger partial charge in [-0.1, -0.05) is 39.0 Å². The van der Waals surface area contributed by atoms with E-state index in [4.69, 9.17) is 9.16 Å². The Bertz CT molecular complexity index is 470. The molecule has 0 amide bonds. The highest BCUT2D eigenvalue weighted by molar-refractivity contribution is 6.74. The Morgan fingerprint density at radius 3 is 2.35 bits per heavy atom. The first-order valence-electron chi connectivity index (χ1n) is 7.15. The molecule has 1 aromatic carbocycles. The molecule has 0 atom stereocenters. The monoisotopic (exact) mass is 292 g/mol. The van der Waals surface area contributed by atoms with Crippen LogP contribution in [-0.4, -0.2) is 15.4 Å². The van der Waals surface area contributed by atoms with Crippen molar-refractivity contribution in [2.45, 2.75) is 52.4 Å². The lowest BCUT2D eigenvalue weighted by atomic mass is 10.1. The van der Waals surface area contributed by atoms with Crippen LogP contribution in [0.2, 0.25) is 18.1 Å². The topological polar surface area (TPSA) is 18.5 Å². The maximum Gasteiger partial charge on any atom is 0.192 e. The Morgan fingerprint density at radius 2 is 1.85 bits per heavy atom. The van der Waals surface area contributed by atoms with Crippen molar-refractivity contribution in [2.24, 2.45) is 0 Å². The predicted octanol–water partition coefficient (Wildman–Crippen LogP) is 5.25. The zero-order valence-corrected chi connectivity index (χ0v) is 14.9. The summed E-state index contributed by atoms with van der Waals surface area (Å²) in [6.45, 7) is 14.0. The third-order valence-electron chi connectivity index (χ3n) is 4.05. The van der Waals surface area contributed by atoms with Crippen LogP contribution in [0.3, 0.4) is 0 Å². The van der Waals surface area contributed by atoms with Gasteiger partial charge in [0.05, 0.1) is 13.7 Å². The molecule has 0 aliphatic carbocycles. The van der Waals surface area contributed by atoms with Crippen molar-refractivity contribution in [1.29, 1.82) is 0 Å². The lowest BCUT2D eigenvalue weighted by molar-refractivity contribution is 0.276. The summed E-state index contributed by atoms with van der Waals surface area (Å²) in [5.41, 5.74) is 2.30. The van der Waals surface area contributed by atoms with E-state index in [0.717, 1.165) is 11.3 Å². The van der Waals surface area contributed by atoms with Crippen LogP contribution in [0.15, 0.2) is 24.3 Å². The van der Waals surface area contributed by atoms with Gasteiger partial charge in [-0.3, -0.25) is 0 Å². The van der Waals surface area contributed by atoms with Crippen LogP contribution < -0.4 is 4.74 Å². The molecule has 0 fully saturated rings. The van der Waals surface area contributed by atoms with Crippen molar-refractivity contribution in [3.63, 3.8) is 0 Å². The molecular weight excluding hydrogens is 264 g/mol. The van der Waals surface area contributed by atoms with Crippen LogP contribution in [0.25, 0.3) is 6.08 Å². The molecule has 0 saturated heterocycles. The van der Waals surface area contributed by atoms with E-state index in [-0.39, 0.29) is 5.04 Å². The van der Waals surface area contributed by atoms with Crippen LogP contribution in [0, 0.1) is 0 Å². The number of ether oxygens (including phenoxy) is 1. The number of rotatable bonds is 5. The fourth-order valence-electron chi connectivity index (χ4n) is 1.66. The van der Waals surface area contributed by atoms with E-state index in [1.54, 1.807) is 7.11 Å². The van der Waals surface area contributed by atoms with Gasteiger partial charge in [-0.15, -0.1) is 0 Å². The van der Waals surface area contributed by atoms with E-state index in [0.29, 0.717) is 6.61 Å². The molecule has 1 rings (SSSR count). The van der Waals surface area contributed by atoms with Gasteiger partial charge in [0.1, 0.15) is 5.75 Å². The predicted molar refractivity (Wildman–Crippen MR) is 89.7 cm³/mol. The summed E-state index contributed by atoms with van der Waals surface area (Å²) in [5.74, 6) is 0.902. The average Bonchev–Trinajstić information content (AvgIpc) is 2.36. The number of hydrogen-bond donors (Lipinski definition) is 0. The van der Waals surface area contributed by atoms with Crippen LogP contribution in [0.1, 0.15) is 38.8 Å². The zero-order valence-electron chi connectivity index (χ0n) is 13.9. The van der Waals surface area contributed by atoms with E-state index in [1.807, 2.05) is 19.1 Å². The van der Waals surface area contributed by atoms with Crippen molar-refractivity contribution >= 4 is 14.4 Å². The first kappa shape index (κ1) is 17.0. The Kier molecular flexibility index (Phi) is 5.60. The maximum atomic E-state index is 6.26. The molecule has 0 bridgehead atoms. The van der Waals surface area contributed by atoms with Gasteiger partial charge in [0.25, 0.3) is 0 Å². The summed E-state index contributed by atoms with van der Waals surface area (Å²) >= 11 is 0. The second-order valence-corrected chi connectivity index (χ2v) is 11.4. The normalized spacial score (nSPS) is 12.9. The smallest absolute Gasteiger partial charge is 0.192 e. The minimum absolute atomic E-state index is 0.242. The molecule has 2 nitrogen and oxygen atoms in total. The lowest BCUT2D eigenvalue weighted by Gasteiger charge is -2.36. The number of methoxy groups -OCH3 is 1. The highest BCUT2D eigenvalue weighted by Gasteiger charge is 2.36. The molecule has 0 heterocycles. The number of allylic oxidation sites excluding steroid dienone is 1. The summed E-state index contributed by atoms with van der Waals surface area (Å²) in [5, 5.41) is 0.242. The molecule has 3 heteroatoms. The lowest BCUT2D eigenvalue weighted by Crippen LogP contribution is -2.40. The van der Waals surface area contributed by atoms with Gasteiger partial charge in [0.2, 0.25) is 0 Å². The van der Waals surface area contributed by atoms with Crippen molar-refractivity contribution in [2.75, 3.05) is 7.11 Å². The molecule has 0 aliphatic rings. The number of hydrogen-bond acceptors (Lipinski definition) is 2. The third kappa shape index (κ3) is 4.22. The molecular formula is C17H28O2Si. The average molecular weight is 292 g/mol. The quantitative estimate of drug-likeness (QED) is 0.690. The maximum absolute atomic E-state index is 6.26. The summed E-state index contributed by atoms with van der Waals surface area (Å²) in [4.78, 5) is 0. The van der Waals surface area contributed by atoms with E-state index in [9.17, 15) is 0 Å². The second-order valence-electron chi connectivity index (χ2n) is 6.63. The summed E-state index contributed by atoms with van der Waals surface area (Å²) in [7, 11) is 0.00777. The summed E-state index contributed by atoms with van der Waals surface area (Å²) in [6.07, 6.45) is 4.09. The van der Waals surface area contributed by atoms with Gasteiger partial charge in [-0.25, -0.2) is 0 Å². The molecule has 0 aliphatic heterocycles. The zero-order chi connectivity index (χ0) is 15.4.